The van der Waals surface area contributed by atoms with Crippen LogP contribution in [0, 0.1) is 6.92 Å². The predicted octanol–water partition coefficient (Wildman–Crippen LogP) is -0.910. The van der Waals surface area contributed by atoms with Crippen molar-refractivity contribution in [1.82, 2.24) is 15.0 Å². The number of carbonyl (C=O) groups excluding carboxylic acids is 1. The summed E-state index contributed by atoms with van der Waals surface area (Å²) in [6.45, 7) is 1.79. The van der Waals surface area contributed by atoms with Gasteiger partial charge in [-0.15, -0.1) is 0 Å². The zero-order valence-electron chi connectivity index (χ0n) is 10.1. The normalized spacial score (nSPS) is 10.4. The van der Waals surface area contributed by atoms with Crippen LogP contribution in [0.15, 0.2) is 32.3 Å². The highest BCUT2D eigenvalue weighted by Gasteiger charge is 2.14. The summed E-state index contributed by atoms with van der Waals surface area (Å²) in [6.07, 6.45) is 1.35. The third kappa shape index (κ3) is 2.63. The molecule has 0 aliphatic rings. The highest BCUT2D eigenvalue weighted by molar-refractivity contribution is 5.92. The number of hydrogen-bond acceptors (Lipinski definition) is 5. The Morgan fingerprint density at radius 3 is 2.89 bits per heavy atom. The number of aromatic amines is 1. The van der Waals surface area contributed by atoms with Crippen molar-refractivity contribution in [3.8, 4) is 0 Å². The molecule has 1 amide bonds. The molecule has 4 N–H and O–H groups in total. The van der Waals surface area contributed by atoms with Gasteiger partial charge in [0, 0.05) is 17.8 Å². The van der Waals surface area contributed by atoms with Gasteiger partial charge in [0.15, 0.2) is 5.76 Å². The Morgan fingerprint density at radius 2 is 2.26 bits per heavy atom. The van der Waals surface area contributed by atoms with E-state index in [9.17, 15) is 14.4 Å². The minimum atomic E-state index is -0.550. The number of nitrogens with one attached hydrogen (secondary N) is 2. The molecule has 0 aromatic carbocycles. The van der Waals surface area contributed by atoms with Crippen LogP contribution in [0.25, 0.3) is 0 Å². The Kier molecular flexibility index (Phi) is 3.34. The van der Waals surface area contributed by atoms with Crippen LogP contribution < -0.4 is 22.5 Å². The summed E-state index contributed by atoms with van der Waals surface area (Å²) in [5.74, 6) is 4.98. The number of aryl methyl sites for hydroxylation is 1. The van der Waals surface area contributed by atoms with Gasteiger partial charge in [-0.3, -0.25) is 24.6 Å². The van der Waals surface area contributed by atoms with Gasteiger partial charge in [-0.2, -0.15) is 0 Å². The second-order valence-corrected chi connectivity index (χ2v) is 3.94. The Morgan fingerprint density at radius 1 is 1.53 bits per heavy atom. The summed E-state index contributed by atoms with van der Waals surface area (Å²) >= 11 is 0. The van der Waals surface area contributed by atoms with Crippen molar-refractivity contribution in [1.29, 1.82) is 0 Å². The van der Waals surface area contributed by atoms with Crippen molar-refractivity contribution in [3.05, 3.63) is 56.3 Å². The van der Waals surface area contributed by atoms with E-state index in [2.05, 4.69) is 4.98 Å². The summed E-state index contributed by atoms with van der Waals surface area (Å²) in [5.41, 5.74) is 1.55. The molecule has 0 fully saturated rings. The Hall–Kier alpha value is -2.61. The van der Waals surface area contributed by atoms with E-state index in [1.807, 2.05) is 5.43 Å². The summed E-state index contributed by atoms with van der Waals surface area (Å²) in [5, 5.41) is 0. The van der Waals surface area contributed by atoms with Crippen LogP contribution in [0.3, 0.4) is 0 Å². The average molecular weight is 264 g/mol. The van der Waals surface area contributed by atoms with Crippen LogP contribution >= 0.6 is 0 Å². The quantitative estimate of drug-likeness (QED) is 0.376. The third-order valence-corrected chi connectivity index (χ3v) is 2.53. The molecule has 2 aromatic heterocycles. The maximum absolute atomic E-state index is 11.5. The molecule has 2 rings (SSSR count). The van der Waals surface area contributed by atoms with Crippen LogP contribution in [-0.2, 0) is 6.54 Å². The van der Waals surface area contributed by atoms with Crippen molar-refractivity contribution >= 4 is 5.91 Å². The lowest BCUT2D eigenvalue weighted by atomic mass is 10.2. The molecule has 0 saturated heterocycles. The molecule has 100 valence electrons. The first-order valence-electron chi connectivity index (χ1n) is 5.41. The first-order chi connectivity index (χ1) is 9.01. The molecule has 0 atom stereocenters. The maximum Gasteiger partial charge on any atom is 0.328 e. The molecule has 0 aliphatic heterocycles. The van der Waals surface area contributed by atoms with Gasteiger partial charge in [0.25, 0.3) is 5.56 Å². The van der Waals surface area contributed by atoms with E-state index in [0.717, 1.165) is 0 Å². The monoisotopic (exact) mass is 264 g/mol. The predicted molar refractivity (Wildman–Crippen MR) is 65.5 cm³/mol. The third-order valence-electron chi connectivity index (χ3n) is 2.53. The van der Waals surface area contributed by atoms with E-state index in [1.165, 1.54) is 16.8 Å². The molecule has 0 radical (unpaired) electrons. The van der Waals surface area contributed by atoms with Gasteiger partial charge < -0.3 is 4.42 Å². The number of amides is 1. The Balaban J connectivity index is 2.32. The summed E-state index contributed by atoms with van der Waals surface area (Å²) in [7, 11) is 0. The second kappa shape index (κ2) is 4.94. The van der Waals surface area contributed by atoms with Gasteiger partial charge >= 0.3 is 11.6 Å². The van der Waals surface area contributed by atoms with E-state index in [4.69, 9.17) is 10.3 Å². The van der Waals surface area contributed by atoms with Crippen molar-refractivity contribution in [3.63, 3.8) is 0 Å². The molecule has 8 heteroatoms. The lowest BCUT2D eigenvalue weighted by molar-refractivity contribution is 0.0923. The van der Waals surface area contributed by atoms with Crippen molar-refractivity contribution < 1.29 is 9.21 Å². The fraction of sp³-hybridized carbons (Fsp3) is 0.182. The fourth-order valence-electron chi connectivity index (χ4n) is 1.65. The number of carbonyl (C=O) groups is 1. The Bertz CT molecular complexity index is 725. The zero-order chi connectivity index (χ0) is 14.0. The zero-order valence-corrected chi connectivity index (χ0v) is 10.1. The van der Waals surface area contributed by atoms with Gasteiger partial charge in [0.05, 0.1) is 6.54 Å². The average Bonchev–Trinajstić information content (AvgIpc) is 2.73. The number of nitrogens with two attached hydrogens (primary N) is 1. The van der Waals surface area contributed by atoms with Gasteiger partial charge in [0.1, 0.15) is 5.76 Å². The molecular formula is C11H12N4O4. The minimum Gasteiger partial charge on any atom is -0.454 e. The minimum absolute atomic E-state index is 0.0926. The molecule has 0 bridgehead atoms. The standard InChI is InChI=1S/C11H12N4O4/c1-6-4-7(19-9(6)10(17)14-12)5-15-3-2-8(16)13-11(15)18/h2-4H,5,12H2,1H3,(H,14,17)(H,13,16,18). The SMILES string of the molecule is Cc1cc(Cn2ccc(=O)[nH]c2=O)oc1C(=O)NN. The largest absolute Gasteiger partial charge is 0.454 e. The first kappa shape index (κ1) is 12.8. The van der Waals surface area contributed by atoms with Gasteiger partial charge in [-0.25, -0.2) is 10.6 Å². The smallest absolute Gasteiger partial charge is 0.328 e. The molecule has 8 nitrogen and oxygen atoms in total. The summed E-state index contributed by atoms with van der Waals surface area (Å²) in [6, 6.07) is 2.85. The van der Waals surface area contributed by atoms with Gasteiger partial charge in [0.2, 0.25) is 0 Å². The van der Waals surface area contributed by atoms with Gasteiger partial charge in [-0.05, 0) is 13.0 Å². The van der Waals surface area contributed by atoms with E-state index < -0.39 is 17.2 Å². The number of hydrogen-bond donors (Lipinski definition) is 3. The number of aromatic nitrogens is 2. The molecule has 19 heavy (non-hydrogen) atoms. The van der Waals surface area contributed by atoms with Crippen LogP contribution in [0.4, 0.5) is 0 Å². The molecule has 0 aliphatic carbocycles. The van der Waals surface area contributed by atoms with Crippen LogP contribution in [-0.4, -0.2) is 15.5 Å². The van der Waals surface area contributed by atoms with Crippen LogP contribution in [0.5, 0.6) is 0 Å². The fourth-order valence-corrected chi connectivity index (χ4v) is 1.65. The maximum atomic E-state index is 11.5. The van der Waals surface area contributed by atoms with Crippen LogP contribution in [0.2, 0.25) is 0 Å². The van der Waals surface area contributed by atoms with E-state index in [0.29, 0.717) is 11.3 Å². The second-order valence-electron chi connectivity index (χ2n) is 3.94. The first-order valence-corrected chi connectivity index (χ1v) is 5.41. The van der Waals surface area contributed by atoms with Crippen LogP contribution in [0.1, 0.15) is 21.9 Å². The molecule has 0 unspecified atom stereocenters. The lowest BCUT2D eigenvalue weighted by Gasteiger charge is -2.01. The molecular weight excluding hydrogens is 252 g/mol. The van der Waals surface area contributed by atoms with E-state index in [1.54, 1.807) is 13.0 Å². The van der Waals surface area contributed by atoms with E-state index >= 15 is 0 Å². The summed E-state index contributed by atoms with van der Waals surface area (Å²) in [4.78, 5) is 35.9. The number of nitrogen functional groups attached to an aromatic ring is 1. The number of furan rings is 1. The lowest BCUT2D eigenvalue weighted by Crippen LogP contribution is -2.30. The Labute approximate surface area is 106 Å². The van der Waals surface area contributed by atoms with Crippen molar-refractivity contribution in [2.75, 3.05) is 0 Å². The van der Waals surface area contributed by atoms with E-state index in [-0.39, 0.29) is 12.3 Å². The molecule has 0 spiro atoms. The number of rotatable bonds is 3. The van der Waals surface area contributed by atoms with Gasteiger partial charge in [-0.1, -0.05) is 0 Å². The molecule has 0 saturated carbocycles. The summed E-state index contributed by atoms with van der Waals surface area (Å²) < 4.78 is 6.57. The van der Waals surface area contributed by atoms with Crippen molar-refractivity contribution in [2.45, 2.75) is 13.5 Å². The highest BCUT2D eigenvalue weighted by atomic mass is 16.4. The number of hydrazine groups is 1. The highest BCUT2D eigenvalue weighted by Crippen LogP contribution is 2.14. The molecule has 2 aromatic rings. The topological polar surface area (TPSA) is 123 Å². The van der Waals surface area contributed by atoms with Crippen molar-refractivity contribution in [2.24, 2.45) is 5.84 Å². The molecule has 2 heterocycles. The number of H-pyrrole nitrogens is 1. The number of nitrogens with zero attached hydrogens (tertiary/aromatic N) is 1.